The van der Waals surface area contributed by atoms with Crippen LogP contribution in [0.2, 0.25) is 0 Å². The lowest BCUT2D eigenvalue weighted by Crippen LogP contribution is -2.52. The van der Waals surface area contributed by atoms with Crippen molar-refractivity contribution in [2.45, 2.75) is 64.0 Å². The standard InChI is InChI=1S/C15H30N2O/c1-3-12-4-5-13(11-16)14(10-12)17-8-6-15(2,18)7-9-17/h12-14,18H,3-11,16H2,1-2H3. The van der Waals surface area contributed by atoms with Crippen molar-refractivity contribution in [3.05, 3.63) is 0 Å². The Morgan fingerprint density at radius 1 is 1.28 bits per heavy atom. The van der Waals surface area contributed by atoms with Gasteiger partial charge in [-0.15, -0.1) is 0 Å². The van der Waals surface area contributed by atoms with Gasteiger partial charge < -0.3 is 10.8 Å². The van der Waals surface area contributed by atoms with E-state index in [1.54, 1.807) is 0 Å². The molecule has 0 aromatic carbocycles. The lowest BCUT2D eigenvalue weighted by Gasteiger charge is -2.46. The average Bonchev–Trinajstić information content (AvgIpc) is 2.38. The maximum atomic E-state index is 10.1. The van der Waals surface area contributed by atoms with Crippen LogP contribution < -0.4 is 5.73 Å². The molecule has 1 aliphatic carbocycles. The van der Waals surface area contributed by atoms with Gasteiger partial charge in [-0.2, -0.15) is 0 Å². The van der Waals surface area contributed by atoms with Gasteiger partial charge in [-0.05, 0) is 51.0 Å². The van der Waals surface area contributed by atoms with Crippen LogP contribution in [0.5, 0.6) is 0 Å². The molecule has 3 heteroatoms. The van der Waals surface area contributed by atoms with Crippen LogP contribution in [0.1, 0.15) is 52.4 Å². The van der Waals surface area contributed by atoms with Crippen molar-refractivity contribution in [1.29, 1.82) is 0 Å². The molecule has 1 aliphatic heterocycles. The molecule has 3 N–H and O–H groups in total. The summed E-state index contributed by atoms with van der Waals surface area (Å²) in [6, 6.07) is 0.671. The summed E-state index contributed by atoms with van der Waals surface area (Å²) in [5.74, 6) is 1.57. The van der Waals surface area contributed by atoms with Gasteiger partial charge >= 0.3 is 0 Å². The fourth-order valence-corrected chi connectivity index (χ4v) is 3.72. The van der Waals surface area contributed by atoms with Gasteiger partial charge in [0.2, 0.25) is 0 Å². The fourth-order valence-electron chi connectivity index (χ4n) is 3.72. The zero-order valence-corrected chi connectivity index (χ0v) is 12.1. The number of likely N-dealkylation sites (tertiary alicyclic amines) is 1. The van der Waals surface area contributed by atoms with Crippen LogP contribution in [0.25, 0.3) is 0 Å². The average molecular weight is 254 g/mol. The van der Waals surface area contributed by atoms with Crippen molar-refractivity contribution < 1.29 is 5.11 Å². The molecule has 1 saturated heterocycles. The summed E-state index contributed by atoms with van der Waals surface area (Å²) in [5, 5.41) is 10.1. The van der Waals surface area contributed by atoms with E-state index in [2.05, 4.69) is 11.8 Å². The minimum atomic E-state index is -0.437. The summed E-state index contributed by atoms with van der Waals surface area (Å²) in [4.78, 5) is 2.61. The van der Waals surface area contributed by atoms with Crippen molar-refractivity contribution in [1.82, 2.24) is 4.90 Å². The molecule has 0 aromatic rings. The Balaban J connectivity index is 1.96. The molecule has 0 bridgehead atoms. The topological polar surface area (TPSA) is 49.5 Å². The molecule has 3 nitrogen and oxygen atoms in total. The van der Waals surface area contributed by atoms with Gasteiger partial charge in [-0.3, -0.25) is 4.90 Å². The lowest BCUT2D eigenvalue weighted by atomic mass is 9.75. The third-order valence-corrected chi connectivity index (χ3v) is 5.29. The molecule has 106 valence electrons. The Morgan fingerprint density at radius 2 is 1.94 bits per heavy atom. The highest BCUT2D eigenvalue weighted by Crippen LogP contribution is 2.35. The molecule has 0 amide bonds. The third-order valence-electron chi connectivity index (χ3n) is 5.29. The summed E-state index contributed by atoms with van der Waals surface area (Å²) < 4.78 is 0. The molecule has 2 aliphatic rings. The normalized spacial score (nSPS) is 37.7. The highest BCUT2D eigenvalue weighted by Gasteiger charge is 2.36. The van der Waals surface area contributed by atoms with Crippen LogP contribution in [-0.4, -0.2) is 41.3 Å². The van der Waals surface area contributed by atoms with Crippen LogP contribution in [0.4, 0.5) is 0 Å². The molecule has 1 saturated carbocycles. The van der Waals surface area contributed by atoms with E-state index < -0.39 is 5.60 Å². The van der Waals surface area contributed by atoms with Gasteiger partial charge in [0.25, 0.3) is 0 Å². The van der Waals surface area contributed by atoms with Crippen molar-refractivity contribution in [3.8, 4) is 0 Å². The van der Waals surface area contributed by atoms with Gasteiger partial charge in [-0.25, -0.2) is 0 Å². The van der Waals surface area contributed by atoms with Crippen LogP contribution in [0.3, 0.4) is 0 Å². The number of hydrogen-bond donors (Lipinski definition) is 2. The molecule has 2 fully saturated rings. The lowest BCUT2D eigenvalue weighted by molar-refractivity contribution is -0.0335. The van der Waals surface area contributed by atoms with Gasteiger partial charge in [0, 0.05) is 19.1 Å². The molecule has 3 atom stereocenters. The van der Waals surface area contributed by atoms with E-state index in [9.17, 15) is 5.11 Å². The SMILES string of the molecule is CCC1CCC(CN)C(N2CCC(C)(O)CC2)C1. The van der Waals surface area contributed by atoms with E-state index in [4.69, 9.17) is 5.73 Å². The van der Waals surface area contributed by atoms with Gasteiger partial charge in [0.15, 0.2) is 0 Å². The number of rotatable bonds is 3. The summed E-state index contributed by atoms with van der Waals surface area (Å²) >= 11 is 0. The molecule has 2 rings (SSSR count). The first-order valence-corrected chi connectivity index (χ1v) is 7.72. The maximum Gasteiger partial charge on any atom is 0.0644 e. The minimum absolute atomic E-state index is 0.437. The molecule has 18 heavy (non-hydrogen) atoms. The second-order valence-corrected chi connectivity index (χ2v) is 6.68. The molecule has 1 heterocycles. The predicted molar refractivity (Wildman–Crippen MR) is 75.4 cm³/mol. The predicted octanol–water partition coefficient (Wildman–Crippen LogP) is 1.99. The van der Waals surface area contributed by atoms with E-state index in [0.29, 0.717) is 12.0 Å². The Bertz CT molecular complexity index is 257. The van der Waals surface area contributed by atoms with Crippen molar-refractivity contribution in [2.24, 2.45) is 17.6 Å². The molecule has 0 radical (unpaired) electrons. The van der Waals surface area contributed by atoms with Crippen molar-refractivity contribution in [2.75, 3.05) is 19.6 Å². The highest BCUT2D eigenvalue weighted by atomic mass is 16.3. The Labute approximate surface area is 112 Å². The smallest absolute Gasteiger partial charge is 0.0644 e. The van der Waals surface area contributed by atoms with E-state index in [1.165, 1.54) is 25.7 Å². The zero-order chi connectivity index (χ0) is 13.2. The Hall–Kier alpha value is -0.120. The maximum absolute atomic E-state index is 10.1. The number of nitrogens with zero attached hydrogens (tertiary/aromatic N) is 1. The van der Waals surface area contributed by atoms with Crippen LogP contribution in [0, 0.1) is 11.8 Å². The summed E-state index contributed by atoms with van der Waals surface area (Å²) in [6.07, 6.45) is 7.11. The molecular weight excluding hydrogens is 224 g/mol. The van der Waals surface area contributed by atoms with Gasteiger partial charge in [0.05, 0.1) is 5.60 Å². The number of hydrogen-bond acceptors (Lipinski definition) is 3. The third kappa shape index (κ3) is 3.25. The zero-order valence-electron chi connectivity index (χ0n) is 12.1. The van der Waals surface area contributed by atoms with E-state index in [1.807, 2.05) is 6.92 Å². The summed E-state index contributed by atoms with van der Waals surface area (Å²) in [5.41, 5.74) is 5.53. The van der Waals surface area contributed by atoms with Crippen molar-refractivity contribution >= 4 is 0 Å². The van der Waals surface area contributed by atoms with Crippen LogP contribution >= 0.6 is 0 Å². The molecule has 0 aromatic heterocycles. The van der Waals surface area contributed by atoms with Crippen molar-refractivity contribution in [3.63, 3.8) is 0 Å². The quantitative estimate of drug-likeness (QED) is 0.810. The summed E-state index contributed by atoms with van der Waals surface area (Å²) in [7, 11) is 0. The monoisotopic (exact) mass is 254 g/mol. The first-order chi connectivity index (χ1) is 8.55. The molecule has 3 unspecified atom stereocenters. The Kier molecular flexibility index (Phi) is 4.68. The molecular formula is C15H30N2O. The minimum Gasteiger partial charge on any atom is -0.390 e. The Morgan fingerprint density at radius 3 is 2.50 bits per heavy atom. The first-order valence-electron chi connectivity index (χ1n) is 7.72. The largest absolute Gasteiger partial charge is 0.390 e. The van der Waals surface area contributed by atoms with E-state index in [-0.39, 0.29) is 0 Å². The second kappa shape index (κ2) is 5.89. The summed E-state index contributed by atoms with van der Waals surface area (Å²) in [6.45, 7) is 7.20. The molecule has 0 spiro atoms. The van der Waals surface area contributed by atoms with Gasteiger partial charge in [-0.1, -0.05) is 19.8 Å². The fraction of sp³-hybridized carbons (Fsp3) is 1.00. The van der Waals surface area contributed by atoms with Crippen LogP contribution in [-0.2, 0) is 0 Å². The number of nitrogens with two attached hydrogens (primary N) is 1. The number of piperidine rings is 1. The number of aliphatic hydroxyl groups is 1. The second-order valence-electron chi connectivity index (χ2n) is 6.68. The first kappa shape index (κ1) is 14.3. The van der Waals surface area contributed by atoms with E-state index >= 15 is 0 Å². The van der Waals surface area contributed by atoms with Crippen LogP contribution in [0.15, 0.2) is 0 Å². The highest BCUT2D eigenvalue weighted by molar-refractivity contribution is 4.91. The van der Waals surface area contributed by atoms with Gasteiger partial charge in [0.1, 0.15) is 0 Å². The van der Waals surface area contributed by atoms with E-state index in [0.717, 1.165) is 38.4 Å².